The number of halogens is 1. The third kappa shape index (κ3) is 7.25. The third-order valence-corrected chi connectivity index (χ3v) is 5.77. The maximum atomic E-state index is 13.0. The number of carbonyl (C=O) groups is 2. The van der Waals surface area contributed by atoms with Crippen LogP contribution < -0.4 is 15.4 Å². The molecule has 0 saturated carbocycles. The number of carbonyl (C=O) groups excluding carboxylic acids is 2. The van der Waals surface area contributed by atoms with Crippen LogP contribution in [0.25, 0.3) is 0 Å². The number of benzene rings is 2. The Bertz CT molecular complexity index is 1010. The van der Waals surface area contributed by atoms with E-state index in [9.17, 15) is 9.59 Å². The second-order valence-corrected chi connectivity index (χ2v) is 9.35. The summed E-state index contributed by atoms with van der Waals surface area (Å²) >= 11 is 8.78. The smallest absolute Gasteiger partial charge is 0.261 e. The molecule has 2 amide bonds. The zero-order chi connectivity index (χ0) is 23.8. The molecule has 9 heteroatoms. The number of hydrogen-bond acceptors (Lipinski definition) is 5. The van der Waals surface area contributed by atoms with E-state index in [1.54, 1.807) is 41.3 Å². The normalized spacial score (nSPS) is 13.5. The van der Waals surface area contributed by atoms with E-state index in [1.807, 2.05) is 6.07 Å². The fourth-order valence-electron chi connectivity index (χ4n) is 3.25. The molecule has 1 aliphatic heterocycles. The molecule has 176 valence electrons. The Morgan fingerprint density at radius 3 is 2.61 bits per heavy atom. The highest BCUT2D eigenvalue weighted by atomic mass is 79.9. The molecule has 0 radical (unpaired) electrons. The van der Waals surface area contributed by atoms with E-state index in [2.05, 4.69) is 40.4 Å². The van der Waals surface area contributed by atoms with Crippen molar-refractivity contribution in [3.63, 3.8) is 0 Å². The first-order valence-electron chi connectivity index (χ1n) is 10.9. The van der Waals surface area contributed by atoms with Crippen molar-refractivity contribution in [2.24, 2.45) is 5.92 Å². The predicted octanol–water partition coefficient (Wildman–Crippen LogP) is 4.47. The van der Waals surface area contributed by atoms with Gasteiger partial charge in [0.1, 0.15) is 5.75 Å². The summed E-state index contributed by atoms with van der Waals surface area (Å²) in [5.41, 5.74) is 1.38. The lowest BCUT2D eigenvalue weighted by molar-refractivity contribution is 0.0303. The summed E-state index contributed by atoms with van der Waals surface area (Å²) in [6.45, 7) is 6.86. The predicted molar refractivity (Wildman–Crippen MR) is 136 cm³/mol. The summed E-state index contributed by atoms with van der Waals surface area (Å²) in [5, 5.41) is 5.78. The lowest BCUT2D eigenvalue weighted by Gasteiger charge is -2.27. The summed E-state index contributed by atoms with van der Waals surface area (Å²) in [7, 11) is 0. The number of amides is 2. The molecule has 0 aromatic heterocycles. The van der Waals surface area contributed by atoms with Crippen molar-refractivity contribution in [2.75, 3.05) is 38.2 Å². The van der Waals surface area contributed by atoms with Crippen LogP contribution in [0.5, 0.6) is 5.75 Å². The van der Waals surface area contributed by atoms with Crippen LogP contribution in [0, 0.1) is 5.92 Å². The first-order valence-corrected chi connectivity index (χ1v) is 12.1. The summed E-state index contributed by atoms with van der Waals surface area (Å²) in [6, 6.07) is 12.4. The molecule has 3 rings (SSSR count). The maximum absolute atomic E-state index is 13.0. The van der Waals surface area contributed by atoms with Crippen LogP contribution in [-0.4, -0.2) is 54.7 Å². The molecule has 1 saturated heterocycles. The number of nitrogens with zero attached hydrogens (tertiary/aromatic N) is 1. The van der Waals surface area contributed by atoms with Crippen LogP contribution in [0.1, 0.15) is 41.0 Å². The first kappa shape index (κ1) is 25.1. The highest BCUT2D eigenvalue weighted by Gasteiger charge is 2.22. The second kappa shape index (κ2) is 12.1. The number of anilines is 1. The molecule has 0 unspecified atom stereocenters. The molecule has 0 aliphatic carbocycles. The van der Waals surface area contributed by atoms with Gasteiger partial charge in [-0.05, 0) is 54.9 Å². The molecule has 2 N–H and O–H groups in total. The Labute approximate surface area is 207 Å². The van der Waals surface area contributed by atoms with Crippen molar-refractivity contribution in [2.45, 2.75) is 20.3 Å². The molecule has 1 aliphatic rings. The largest absolute Gasteiger partial charge is 0.493 e. The minimum atomic E-state index is -0.398. The SMILES string of the molecule is CC(C)CCOc1ccc(Br)cc1C(=O)NC(=S)Nc1ccccc1C(=O)N1CCOCC1. The lowest BCUT2D eigenvalue weighted by Crippen LogP contribution is -2.41. The monoisotopic (exact) mass is 533 g/mol. The molecule has 0 spiro atoms. The maximum Gasteiger partial charge on any atom is 0.261 e. The van der Waals surface area contributed by atoms with Crippen molar-refractivity contribution < 1.29 is 19.1 Å². The van der Waals surface area contributed by atoms with E-state index in [4.69, 9.17) is 21.7 Å². The van der Waals surface area contributed by atoms with E-state index in [1.165, 1.54) is 0 Å². The fourth-order valence-corrected chi connectivity index (χ4v) is 3.81. The van der Waals surface area contributed by atoms with Gasteiger partial charge in [-0.25, -0.2) is 0 Å². The number of morpholine rings is 1. The van der Waals surface area contributed by atoms with Crippen LogP contribution in [0.15, 0.2) is 46.9 Å². The van der Waals surface area contributed by atoms with E-state index in [0.717, 1.165) is 10.9 Å². The topological polar surface area (TPSA) is 79.9 Å². The van der Waals surface area contributed by atoms with E-state index >= 15 is 0 Å². The quantitative estimate of drug-likeness (QED) is 0.511. The number of hydrogen-bond donors (Lipinski definition) is 2. The zero-order valence-electron chi connectivity index (χ0n) is 18.7. The van der Waals surface area contributed by atoms with Gasteiger partial charge in [0.05, 0.1) is 36.6 Å². The van der Waals surface area contributed by atoms with Gasteiger partial charge < -0.3 is 19.7 Å². The Balaban J connectivity index is 1.69. The Kier molecular flexibility index (Phi) is 9.22. The van der Waals surface area contributed by atoms with Crippen molar-refractivity contribution in [1.82, 2.24) is 10.2 Å². The Morgan fingerprint density at radius 2 is 1.88 bits per heavy atom. The molecule has 0 atom stereocenters. The zero-order valence-corrected chi connectivity index (χ0v) is 21.1. The van der Waals surface area contributed by atoms with Crippen LogP contribution in [0.3, 0.4) is 0 Å². The molecule has 0 bridgehead atoms. The molecular weight excluding hydrogens is 506 g/mol. The van der Waals surface area contributed by atoms with Crippen molar-refractivity contribution >= 4 is 50.8 Å². The molecule has 1 heterocycles. The van der Waals surface area contributed by atoms with Crippen molar-refractivity contribution in [3.8, 4) is 5.75 Å². The number of para-hydroxylation sites is 1. The molecule has 1 fully saturated rings. The number of thiocarbonyl (C=S) groups is 1. The van der Waals surface area contributed by atoms with Crippen LogP contribution >= 0.6 is 28.1 Å². The highest BCUT2D eigenvalue weighted by molar-refractivity contribution is 9.10. The first-order chi connectivity index (χ1) is 15.8. The Morgan fingerprint density at radius 1 is 1.15 bits per heavy atom. The fraction of sp³-hybridized carbons (Fsp3) is 0.375. The van der Waals surface area contributed by atoms with Gasteiger partial charge in [0, 0.05) is 17.6 Å². The van der Waals surface area contributed by atoms with Gasteiger partial charge in [0.15, 0.2) is 5.11 Å². The minimum absolute atomic E-state index is 0.0929. The van der Waals surface area contributed by atoms with Gasteiger partial charge in [-0.2, -0.15) is 0 Å². The summed E-state index contributed by atoms with van der Waals surface area (Å²) in [4.78, 5) is 27.7. The number of ether oxygens (including phenoxy) is 2. The number of nitrogens with one attached hydrogen (secondary N) is 2. The highest BCUT2D eigenvalue weighted by Crippen LogP contribution is 2.24. The van der Waals surface area contributed by atoms with E-state index in [0.29, 0.717) is 61.4 Å². The van der Waals surface area contributed by atoms with E-state index in [-0.39, 0.29) is 11.0 Å². The lowest BCUT2D eigenvalue weighted by atomic mass is 10.1. The summed E-state index contributed by atoms with van der Waals surface area (Å²) < 4.78 is 11.9. The van der Waals surface area contributed by atoms with Crippen LogP contribution in [0.4, 0.5) is 5.69 Å². The van der Waals surface area contributed by atoms with Gasteiger partial charge in [-0.3, -0.25) is 14.9 Å². The average molecular weight is 534 g/mol. The van der Waals surface area contributed by atoms with Crippen LogP contribution in [0.2, 0.25) is 0 Å². The van der Waals surface area contributed by atoms with Gasteiger partial charge in [-0.15, -0.1) is 0 Å². The molecule has 2 aromatic rings. The van der Waals surface area contributed by atoms with Gasteiger partial charge in [-0.1, -0.05) is 41.9 Å². The second-order valence-electron chi connectivity index (χ2n) is 8.03. The van der Waals surface area contributed by atoms with Crippen molar-refractivity contribution in [1.29, 1.82) is 0 Å². The van der Waals surface area contributed by atoms with Crippen molar-refractivity contribution in [3.05, 3.63) is 58.1 Å². The van der Waals surface area contributed by atoms with Gasteiger partial charge in [0.25, 0.3) is 11.8 Å². The Hall–Kier alpha value is -2.49. The molecule has 2 aromatic carbocycles. The average Bonchev–Trinajstić information content (AvgIpc) is 2.80. The summed E-state index contributed by atoms with van der Waals surface area (Å²) in [5.74, 6) is 0.477. The van der Waals surface area contributed by atoms with E-state index < -0.39 is 5.91 Å². The minimum Gasteiger partial charge on any atom is -0.493 e. The standard InChI is InChI=1S/C24H28BrN3O4S/c1-16(2)9-12-32-21-8-7-17(25)15-19(21)22(29)27-24(33)26-20-6-4-3-5-18(20)23(30)28-10-13-31-14-11-28/h3-8,15-16H,9-14H2,1-2H3,(H2,26,27,29,33). The van der Waals surface area contributed by atoms with Crippen LogP contribution in [-0.2, 0) is 4.74 Å². The summed E-state index contributed by atoms with van der Waals surface area (Å²) in [6.07, 6.45) is 0.880. The van der Waals surface area contributed by atoms with Gasteiger partial charge in [0.2, 0.25) is 0 Å². The third-order valence-electron chi connectivity index (χ3n) is 5.07. The van der Waals surface area contributed by atoms with Gasteiger partial charge >= 0.3 is 0 Å². The molecular formula is C24H28BrN3O4S. The molecule has 33 heavy (non-hydrogen) atoms. The number of rotatable bonds is 7. The molecule has 7 nitrogen and oxygen atoms in total.